The minimum Gasteiger partial charge on any atom is -0.494 e. The average Bonchev–Trinajstić information content (AvgIpc) is 3.28. The summed E-state index contributed by atoms with van der Waals surface area (Å²) in [6.45, 7) is 9.49. The third-order valence-electron chi connectivity index (χ3n) is 7.01. The number of ether oxygens (including phenoxy) is 2. The van der Waals surface area contributed by atoms with Gasteiger partial charge in [0.05, 0.1) is 29.6 Å². The highest BCUT2D eigenvalue weighted by molar-refractivity contribution is 6.17. The number of carbonyl (C=O) groups is 1. The Morgan fingerprint density at radius 3 is 2.50 bits per heavy atom. The van der Waals surface area contributed by atoms with Crippen LogP contribution in [-0.2, 0) is 4.74 Å². The second-order valence-electron chi connectivity index (χ2n) is 10.2. The number of aromatic nitrogens is 1. The number of rotatable bonds is 7. The van der Waals surface area contributed by atoms with Gasteiger partial charge in [0.2, 0.25) is 0 Å². The molecule has 2 aromatic carbocycles. The molecule has 1 N–H and O–H groups in total. The second-order valence-corrected chi connectivity index (χ2v) is 10.2. The third kappa shape index (κ3) is 4.54. The lowest BCUT2D eigenvalue weighted by molar-refractivity contribution is 0.130. The minimum atomic E-state index is -0.442. The summed E-state index contributed by atoms with van der Waals surface area (Å²) in [4.78, 5) is 12.1. The van der Waals surface area contributed by atoms with Crippen LogP contribution in [0.2, 0.25) is 0 Å². The van der Waals surface area contributed by atoms with Crippen LogP contribution >= 0.6 is 0 Å². The van der Waals surface area contributed by atoms with E-state index in [0.717, 1.165) is 36.4 Å². The predicted octanol–water partition coefficient (Wildman–Crippen LogP) is 6.67. The van der Waals surface area contributed by atoms with Crippen molar-refractivity contribution in [3.63, 3.8) is 0 Å². The Morgan fingerprint density at radius 2 is 1.92 bits per heavy atom. The van der Waals surface area contributed by atoms with Gasteiger partial charge in [-0.05, 0) is 69.9 Å². The van der Waals surface area contributed by atoms with Gasteiger partial charge in [-0.25, -0.2) is 4.79 Å². The highest BCUT2D eigenvalue weighted by Gasteiger charge is 2.33. The van der Waals surface area contributed by atoms with E-state index >= 15 is 0 Å². The van der Waals surface area contributed by atoms with Gasteiger partial charge in [-0.2, -0.15) is 5.10 Å². The first-order chi connectivity index (χ1) is 17.4. The Kier molecular flexibility index (Phi) is 6.65. The molecule has 36 heavy (non-hydrogen) atoms. The van der Waals surface area contributed by atoms with Gasteiger partial charge in [0.1, 0.15) is 5.75 Å². The van der Waals surface area contributed by atoms with E-state index in [-0.39, 0.29) is 6.10 Å². The highest BCUT2D eigenvalue weighted by atomic mass is 16.6. The number of nitrogens with one attached hydrogen (secondary N) is 1. The molecule has 1 saturated carbocycles. The van der Waals surface area contributed by atoms with E-state index in [4.69, 9.17) is 14.6 Å². The van der Waals surface area contributed by atoms with E-state index in [0.29, 0.717) is 24.3 Å². The lowest BCUT2D eigenvalue weighted by Crippen LogP contribution is -2.19. The molecule has 7 heteroatoms. The zero-order chi connectivity index (χ0) is 25.4. The van der Waals surface area contributed by atoms with Crippen molar-refractivity contribution in [2.75, 3.05) is 25.5 Å². The Hall–Kier alpha value is -3.48. The number of anilines is 1. The maximum atomic E-state index is 12.1. The zero-order valence-corrected chi connectivity index (χ0v) is 21.9. The van der Waals surface area contributed by atoms with Crippen molar-refractivity contribution in [1.82, 2.24) is 9.58 Å². The molecule has 3 aromatic rings. The van der Waals surface area contributed by atoms with E-state index in [1.165, 1.54) is 28.6 Å². The van der Waals surface area contributed by atoms with Gasteiger partial charge in [0, 0.05) is 48.3 Å². The first-order valence-electron chi connectivity index (χ1n) is 13.0. The van der Waals surface area contributed by atoms with Gasteiger partial charge in [-0.15, -0.1) is 0 Å². The van der Waals surface area contributed by atoms with Crippen molar-refractivity contribution < 1.29 is 14.3 Å². The van der Waals surface area contributed by atoms with Crippen LogP contribution < -0.4 is 10.1 Å². The van der Waals surface area contributed by atoms with Gasteiger partial charge in [-0.3, -0.25) is 10.3 Å². The van der Waals surface area contributed by atoms with Crippen molar-refractivity contribution >= 4 is 28.4 Å². The molecule has 5 rings (SSSR count). The van der Waals surface area contributed by atoms with Crippen molar-refractivity contribution in [3.8, 4) is 17.0 Å². The predicted molar refractivity (Wildman–Crippen MR) is 145 cm³/mol. The van der Waals surface area contributed by atoms with E-state index in [2.05, 4.69) is 47.1 Å². The summed E-state index contributed by atoms with van der Waals surface area (Å²) < 4.78 is 13.6. The molecule has 1 amide bonds. The van der Waals surface area contributed by atoms with Crippen LogP contribution in [0.15, 0.2) is 47.6 Å². The summed E-state index contributed by atoms with van der Waals surface area (Å²) >= 11 is 0. The molecule has 1 aliphatic heterocycles. The fourth-order valence-corrected chi connectivity index (χ4v) is 5.29. The highest BCUT2D eigenvalue weighted by Crippen LogP contribution is 2.45. The van der Waals surface area contributed by atoms with Crippen molar-refractivity contribution in [2.45, 2.75) is 59.1 Å². The number of nitrogens with zero attached hydrogens (tertiary/aromatic N) is 3. The smallest absolute Gasteiger partial charge is 0.411 e. The molecular formula is C29H36N4O3. The molecule has 1 aliphatic carbocycles. The first-order valence-corrected chi connectivity index (χ1v) is 13.0. The van der Waals surface area contributed by atoms with Gasteiger partial charge in [0.25, 0.3) is 0 Å². The quantitative estimate of drug-likeness (QED) is 0.403. The number of benzene rings is 2. The monoisotopic (exact) mass is 488 g/mol. The van der Waals surface area contributed by atoms with Crippen LogP contribution in [0.3, 0.4) is 0 Å². The van der Waals surface area contributed by atoms with E-state index in [1.807, 2.05) is 45.0 Å². The van der Waals surface area contributed by atoms with E-state index < -0.39 is 6.09 Å². The van der Waals surface area contributed by atoms with Gasteiger partial charge in [-0.1, -0.05) is 19.1 Å². The molecule has 1 atom stereocenters. The Bertz CT molecular complexity index is 1290. The number of hydrogen-bond donors (Lipinski definition) is 1. The molecular weight excluding hydrogens is 452 g/mol. The van der Waals surface area contributed by atoms with Crippen molar-refractivity contribution in [2.24, 2.45) is 11.0 Å². The summed E-state index contributed by atoms with van der Waals surface area (Å²) in [6.07, 6.45) is 2.96. The van der Waals surface area contributed by atoms with Gasteiger partial charge in [0.15, 0.2) is 0 Å². The zero-order valence-electron chi connectivity index (χ0n) is 21.9. The fourth-order valence-electron chi connectivity index (χ4n) is 5.29. The Morgan fingerprint density at radius 1 is 1.17 bits per heavy atom. The summed E-state index contributed by atoms with van der Waals surface area (Å²) in [5, 5.41) is 11.0. The van der Waals surface area contributed by atoms with Crippen molar-refractivity contribution in [3.05, 3.63) is 48.0 Å². The van der Waals surface area contributed by atoms with Crippen LogP contribution in [0, 0.1) is 5.92 Å². The number of carbonyl (C=O) groups excluding carboxylic acids is 1. The van der Waals surface area contributed by atoms with Crippen LogP contribution in [0.1, 0.15) is 58.6 Å². The van der Waals surface area contributed by atoms with Crippen molar-refractivity contribution in [1.29, 1.82) is 0 Å². The van der Waals surface area contributed by atoms with E-state index in [1.54, 1.807) is 0 Å². The van der Waals surface area contributed by atoms with Gasteiger partial charge < -0.3 is 14.0 Å². The summed E-state index contributed by atoms with van der Waals surface area (Å²) in [5.74, 6) is 1.22. The SMILES string of the molecule is CCOc1ccc2c(C3=NN(C)CC3C)c(-c3ccc(NC(=O)OC(C)C)cc3)n(C3CCC3)c2c1. The summed E-state index contributed by atoms with van der Waals surface area (Å²) in [7, 11) is 2.04. The molecule has 0 bridgehead atoms. The Balaban J connectivity index is 1.67. The molecule has 2 heterocycles. The molecule has 7 nitrogen and oxygen atoms in total. The van der Waals surface area contributed by atoms with Crippen LogP contribution in [0.5, 0.6) is 5.75 Å². The number of hydrogen-bond acceptors (Lipinski definition) is 5. The average molecular weight is 489 g/mol. The second kappa shape index (κ2) is 9.88. The standard InChI is InChI=1S/C29H36N4O3/c1-6-35-23-14-15-24-25(16-23)33(22-8-7-9-22)28(26(24)27-19(4)17-32(5)31-27)20-10-12-21(13-11-20)30-29(34)36-18(2)3/h10-16,18-19,22H,6-9,17H2,1-5H3,(H,30,34). The van der Waals surface area contributed by atoms with Crippen LogP contribution in [0.25, 0.3) is 22.2 Å². The number of amides is 1. The molecule has 1 aromatic heterocycles. The summed E-state index contributed by atoms with van der Waals surface area (Å²) in [6, 6.07) is 15.0. The van der Waals surface area contributed by atoms with Crippen LogP contribution in [0.4, 0.5) is 10.5 Å². The first kappa shape index (κ1) is 24.2. The third-order valence-corrected chi connectivity index (χ3v) is 7.01. The van der Waals surface area contributed by atoms with Gasteiger partial charge >= 0.3 is 6.09 Å². The molecule has 1 unspecified atom stereocenters. The number of hydrazone groups is 1. The minimum absolute atomic E-state index is 0.168. The fraction of sp³-hybridized carbons (Fsp3) is 0.448. The molecule has 0 spiro atoms. The molecule has 190 valence electrons. The molecule has 2 aliphatic rings. The largest absolute Gasteiger partial charge is 0.494 e. The molecule has 0 radical (unpaired) electrons. The topological polar surface area (TPSA) is 68.1 Å². The lowest BCUT2D eigenvalue weighted by Gasteiger charge is -2.30. The summed E-state index contributed by atoms with van der Waals surface area (Å²) in [5.41, 5.74) is 6.54. The number of fused-ring (bicyclic) bond motifs is 1. The van der Waals surface area contributed by atoms with E-state index in [9.17, 15) is 4.79 Å². The lowest BCUT2D eigenvalue weighted by atomic mass is 9.91. The van der Waals surface area contributed by atoms with Crippen LogP contribution in [-0.4, -0.2) is 47.7 Å². The maximum absolute atomic E-state index is 12.1. The maximum Gasteiger partial charge on any atom is 0.411 e. The molecule has 0 saturated heterocycles. The molecule has 1 fully saturated rings. The normalized spacial score (nSPS) is 17.9. The Labute approximate surface area is 213 Å².